The van der Waals surface area contributed by atoms with Gasteiger partial charge in [0.25, 0.3) is 0 Å². The second-order valence-electron chi connectivity index (χ2n) is 7.57. The third kappa shape index (κ3) is 5.37. The number of carbonyl (C=O) groups excluding carboxylic acids is 2. The first-order valence-corrected chi connectivity index (χ1v) is 10.2. The van der Waals surface area contributed by atoms with Gasteiger partial charge >= 0.3 is 0 Å². The van der Waals surface area contributed by atoms with Crippen LogP contribution in [0.1, 0.15) is 43.0 Å². The Labute approximate surface area is 174 Å². The molecular formula is C24H33N3O2. The molecule has 0 atom stereocenters. The highest BCUT2D eigenvalue weighted by Crippen LogP contribution is 2.27. The van der Waals surface area contributed by atoms with Gasteiger partial charge in [-0.05, 0) is 76.4 Å². The largest absolute Gasteiger partial charge is 0.372 e. The minimum Gasteiger partial charge on any atom is -0.372 e. The first kappa shape index (κ1) is 22.5. The molecule has 0 aliphatic heterocycles. The fourth-order valence-electron chi connectivity index (χ4n) is 3.79. The smallest absolute Gasteiger partial charge is 0.244 e. The molecule has 0 aliphatic rings. The van der Waals surface area contributed by atoms with Gasteiger partial charge in [0.15, 0.2) is 0 Å². The van der Waals surface area contributed by atoms with Crippen LogP contribution in [0.2, 0.25) is 0 Å². The number of hydrogen-bond acceptors (Lipinski definition) is 3. The lowest BCUT2D eigenvalue weighted by Crippen LogP contribution is -2.37. The molecule has 5 heteroatoms. The zero-order valence-corrected chi connectivity index (χ0v) is 18.7. The molecule has 2 aromatic rings. The molecule has 0 bridgehead atoms. The first-order valence-electron chi connectivity index (χ1n) is 10.2. The Morgan fingerprint density at radius 3 is 1.97 bits per heavy atom. The highest BCUT2D eigenvalue weighted by Gasteiger charge is 2.19. The summed E-state index contributed by atoms with van der Waals surface area (Å²) in [6.07, 6.45) is 0. The highest BCUT2D eigenvalue weighted by molar-refractivity contribution is 6.02. The van der Waals surface area contributed by atoms with E-state index in [9.17, 15) is 9.59 Å². The number of benzene rings is 2. The Bertz CT molecular complexity index is 878. The van der Waals surface area contributed by atoms with Gasteiger partial charge in [-0.25, -0.2) is 0 Å². The van der Waals surface area contributed by atoms with Gasteiger partial charge in [-0.1, -0.05) is 17.7 Å². The van der Waals surface area contributed by atoms with E-state index in [2.05, 4.69) is 30.1 Å². The van der Waals surface area contributed by atoms with Crippen LogP contribution in [0.5, 0.6) is 0 Å². The number of carbonyl (C=O) groups is 2. The third-order valence-electron chi connectivity index (χ3n) is 5.22. The average Bonchev–Trinajstić information content (AvgIpc) is 2.64. The summed E-state index contributed by atoms with van der Waals surface area (Å²) < 4.78 is 0. The molecule has 0 saturated heterocycles. The van der Waals surface area contributed by atoms with Gasteiger partial charge in [0, 0.05) is 37.1 Å². The van der Waals surface area contributed by atoms with Crippen LogP contribution in [-0.4, -0.2) is 31.4 Å². The fraction of sp³-hybridized carbons (Fsp3) is 0.417. The highest BCUT2D eigenvalue weighted by atomic mass is 16.2. The predicted octanol–water partition coefficient (Wildman–Crippen LogP) is 4.76. The van der Waals surface area contributed by atoms with E-state index in [1.807, 2.05) is 52.0 Å². The lowest BCUT2D eigenvalue weighted by Gasteiger charge is -2.26. The number of nitrogens with zero attached hydrogens (tertiary/aromatic N) is 2. The molecule has 0 radical (unpaired) electrons. The Hall–Kier alpha value is -2.82. The Morgan fingerprint density at radius 2 is 1.48 bits per heavy atom. The van der Waals surface area contributed by atoms with Crippen molar-refractivity contribution in [3.63, 3.8) is 0 Å². The number of amides is 2. The van der Waals surface area contributed by atoms with Crippen LogP contribution in [0, 0.1) is 27.7 Å². The molecule has 1 N–H and O–H groups in total. The molecule has 0 fully saturated rings. The molecule has 5 nitrogen and oxygen atoms in total. The van der Waals surface area contributed by atoms with E-state index in [-0.39, 0.29) is 18.4 Å². The number of aryl methyl sites for hydroxylation is 4. The van der Waals surface area contributed by atoms with Crippen molar-refractivity contribution < 1.29 is 9.59 Å². The van der Waals surface area contributed by atoms with Gasteiger partial charge in [0.05, 0.1) is 0 Å². The maximum atomic E-state index is 12.8. The lowest BCUT2D eigenvalue weighted by atomic mass is 10.1. The second-order valence-corrected chi connectivity index (χ2v) is 7.57. The van der Waals surface area contributed by atoms with E-state index in [0.717, 1.165) is 52.4 Å². The van der Waals surface area contributed by atoms with Gasteiger partial charge < -0.3 is 15.1 Å². The van der Waals surface area contributed by atoms with Crippen LogP contribution in [0.4, 0.5) is 17.1 Å². The van der Waals surface area contributed by atoms with Gasteiger partial charge in [-0.3, -0.25) is 9.59 Å². The third-order valence-corrected chi connectivity index (χ3v) is 5.22. The summed E-state index contributed by atoms with van der Waals surface area (Å²) in [7, 11) is 0. The summed E-state index contributed by atoms with van der Waals surface area (Å²) in [4.78, 5) is 28.9. The molecule has 0 spiro atoms. The first-order chi connectivity index (χ1) is 13.7. The lowest BCUT2D eigenvalue weighted by molar-refractivity contribution is -0.120. The van der Waals surface area contributed by atoms with Crippen molar-refractivity contribution in [3.8, 4) is 0 Å². The number of rotatable bonds is 7. The van der Waals surface area contributed by atoms with Gasteiger partial charge in [-0.15, -0.1) is 0 Å². The summed E-state index contributed by atoms with van der Waals surface area (Å²) in [5.41, 5.74) is 6.87. The minimum absolute atomic E-state index is 0.0203. The van der Waals surface area contributed by atoms with E-state index < -0.39 is 0 Å². The van der Waals surface area contributed by atoms with E-state index in [0.29, 0.717) is 0 Å². The number of anilines is 3. The summed E-state index contributed by atoms with van der Waals surface area (Å²) in [6.45, 7) is 15.5. The number of hydrogen-bond donors (Lipinski definition) is 1. The van der Waals surface area contributed by atoms with Crippen LogP contribution in [-0.2, 0) is 9.59 Å². The fourth-order valence-corrected chi connectivity index (χ4v) is 3.79. The van der Waals surface area contributed by atoms with Crippen LogP contribution >= 0.6 is 0 Å². The van der Waals surface area contributed by atoms with Crippen molar-refractivity contribution in [2.45, 2.75) is 48.5 Å². The van der Waals surface area contributed by atoms with E-state index in [4.69, 9.17) is 0 Å². The Kier molecular flexibility index (Phi) is 7.43. The van der Waals surface area contributed by atoms with Gasteiger partial charge in [0.1, 0.15) is 6.54 Å². The molecule has 0 saturated carbocycles. The van der Waals surface area contributed by atoms with E-state index in [1.54, 1.807) is 0 Å². The molecule has 0 heterocycles. The minimum atomic E-state index is -0.206. The maximum absolute atomic E-state index is 12.8. The molecule has 156 valence electrons. The topological polar surface area (TPSA) is 52.6 Å². The standard InChI is InChI=1S/C24H33N3O2/c1-8-26(9-2)21-10-11-22(17(4)14-21)27(20(7)28)15-23(29)25-24-18(5)12-16(3)13-19(24)6/h10-14H,8-9,15H2,1-7H3,(H,25,29). The molecule has 0 aromatic heterocycles. The van der Waals surface area contributed by atoms with Crippen molar-refractivity contribution in [2.75, 3.05) is 34.8 Å². The summed E-state index contributed by atoms with van der Waals surface area (Å²) in [5.74, 6) is -0.362. The molecule has 0 aliphatic carbocycles. The predicted molar refractivity (Wildman–Crippen MR) is 122 cm³/mol. The zero-order valence-electron chi connectivity index (χ0n) is 18.7. The van der Waals surface area contributed by atoms with E-state index in [1.165, 1.54) is 11.8 Å². The molecule has 2 aromatic carbocycles. The van der Waals surface area contributed by atoms with Gasteiger partial charge in [0.2, 0.25) is 11.8 Å². The van der Waals surface area contributed by atoms with Gasteiger partial charge in [-0.2, -0.15) is 0 Å². The summed E-state index contributed by atoms with van der Waals surface area (Å²) in [5, 5.41) is 2.99. The van der Waals surface area contributed by atoms with Crippen molar-refractivity contribution in [1.82, 2.24) is 0 Å². The van der Waals surface area contributed by atoms with Crippen LogP contribution < -0.4 is 15.1 Å². The Morgan fingerprint density at radius 1 is 0.897 bits per heavy atom. The summed E-state index contributed by atoms with van der Waals surface area (Å²) in [6, 6.07) is 10.1. The molecule has 2 rings (SSSR count). The van der Waals surface area contributed by atoms with Crippen molar-refractivity contribution in [2.24, 2.45) is 0 Å². The normalized spacial score (nSPS) is 10.6. The van der Waals surface area contributed by atoms with Crippen LogP contribution in [0.3, 0.4) is 0 Å². The van der Waals surface area contributed by atoms with Crippen molar-refractivity contribution in [1.29, 1.82) is 0 Å². The molecular weight excluding hydrogens is 362 g/mol. The van der Waals surface area contributed by atoms with Crippen LogP contribution in [0.15, 0.2) is 30.3 Å². The van der Waals surface area contributed by atoms with E-state index >= 15 is 0 Å². The van der Waals surface area contributed by atoms with Crippen molar-refractivity contribution in [3.05, 3.63) is 52.6 Å². The SMILES string of the molecule is CCN(CC)c1ccc(N(CC(=O)Nc2c(C)cc(C)cc2C)C(C)=O)c(C)c1. The maximum Gasteiger partial charge on any atom is 0.244 e. The summed E-state index contributed by atoms with van der Waals surface area (Å²) >= 11 is 0. The van der Waals surface area contributed by atoms with Crippen molar-refractivity contribution >= 4 is 28.9 Å². The molecule has 29 heavy (non-hydrogen) atoms. The number of nitrogens with one attached hydrogen (secondary N) is 1. The quantitative estimate of drug-likeness (QED) is 0.735. The molecule has 0 unspecified atom stereocenters. The second kappa shape index (κ2) is 9.59. The average molecular weight is 396 g/mol. The zero-order chi connectivity index (χ0) is 21.7. The Balaban J connectivity index is 2.25. The van der Waals surface area contributed by atoms with Crippen LogP contribution in [0.25, 0.3) is 0 Å². The monoisotopic (exact) mass is 395 g/mol. The molecule has 2 amide bonds.